The van der Waals surface area contributed by atoms with E-state index >= 15 is 0 Å². The summed E-state index contributed by atoms with van der Waals surface area (Å²) in [4.78, 5) is 4.08. The molecule has 0 spiro atoms. The van der Waals surface area contributed by atoms with Gasteiger partial charge in [-0.05, 0) is 18.8 Å². The molecule has 0 aliphatic carbocycles. The lowest BCUT2D eigenvalue weighted by atomic mass is 10.0. The molecule has 0 radical (unpaired) electrons. The Balaban J connectivity index is 2.18. The van der Waals surface area contributed by atoms with Crippen LogP contribution in [-0.4, -0.2) is 31.2 Å². The molecule has 0 unspecified atom stereocenters. The lowest BCUT2D eigenvalue weighted by molar-refractivity contribution is 0.0610. The summed E-state index contributed by atoms with van der Waals surface area (Å²) in [6, 6.07) is 0. The Hall–Kier alpha value is -0.590. The SMILES string of the molecule is CCc1nc(S(=O)(=O)Cl)cn1CC1CCOCC1. The van der Waals surface area contributed by atoms with E-state index in [2.05, 4.69) is 4.98 Å². The van der Waals surface area contributed by atoms with Crippen LogP contribution in [0.2, 0.25) is 0 Å². The molecule has 7 heteroatoms. The largest absolute Gasteiger partial charge is 0.381 e. The molecular weight excluding hydrogens is 276 g/mol. The van der Waals surface area contributed by atoms with Gasteiger partial charge in [-0.2, -0.15) is 0 Å². The number of hydrogen-bond donors (Lipinski definition) is 0. The zero-order valence-corrected chi connectivity index (χ0v) is 11.9. The molecule has 1 fully saturated rings. The fourth-order valence-electron chi connectivity index (χ4n) is 2.19. The monoisotopic (exact) mass is 292 g/mol. The van der Waals surface area contributed by atoms with Gasteiger partial charge in [-0.15, -0.1) is 0 Å². The summed E-state index contributed by atoms with van der Waals surface area (Å²) >= 11 is 0. The molecule has 5 nitrogen and oxygen atoms in total. The number of halogens is 1. The van der Waals surface area contributed by atoms with E-state index in [9.17, 15) is 8.42 Å². The van der Waals surface area contributed by atoms with Crippen molar-refractivity contribution in [1.82, 2.24) is 9.55 Å². The first-order chi connectivity index (χ1) is 8.50. The van der Waals surface area contributed by atoms with Crippen molar-refractivity contribution in [2.24, 2.45) is 5.92 Å². The van der Waals surface area contributed by atoms with Crippen molar-refractivity contribution < 1.29 is 13.2 Å². The van der Waals surface area contributed by atoms with E-state index in [-0.39, 0.29) is 5.03 Å². The summed E-state index contributed by atoms with van der Waals surface area (Å²) in [5.74, 6) is 1.28. The van der Waals surface area contributed by atoms with E-state index in [1.54, 1.807) is 0 Å². The van der Waals surface area contributed by atoms with E-state index < -0.39 is 9.05 Å². The molecule has 1 aliphatic heterocycles. The van der Waals surface area contributed by atoms with Gasteiger partial charge in [0.1, 0.15) is 5.82 Å². The molecule has 1 saturated heterocycles. The summed E-state index contributed by atoms with van der Waals surface area (Å²) in [6.07, 6.45) is 4.24. The van der Waals surface area contributed by atoms with Crippen molar-refractivity contribution in [2.75, 3.05) is 13.2 Å². The summed E-state index contributed by atoms with van der Waals surface area (Å²) in [7, 11) is 1.58. The van der Waals surface area contributed by atoms with E-state index in [4.69, 9.17) is 15.4 Å². The highest BCUT2D eigenvalue weighted by Crippen LogP contribution is 2.20. The van der Waals surface area contributed by atoms with Crippen LogP contribution in [0, 0.1) is 5.92 Å². The van der Waals surface area contributed by atoms with Crippen LogP contribution in [0.4, 0.5) is 0 Å². The average Bonchev–Trinajstić information content (AvgIpc) is 2.73. The molecule has 0 aromatic carbocycles. The molecule has 1 aromatic rings. The van der Waals surface area contributed by atoms with Crippen molar-refractivity contribution >= 4 is 19.7 Å². The molecule has 0 N–H and O–H groups in total. The van der Waals surface area contributed by atoms with Gasteiger partial charge in [-0.25, -0.2) is 13.4 Å². The maximum Gasteiger partial charge on any atom is 0.280 e. The Morgan fingerprint density at radius 3 is 2.72 bits per heavy atom. The number of aryl methyl sites for hydroxylation is 1. The molecule has 18 heavy (non-hydrogen) atoms. The summed E-state index contributed by atoms with van der Waals surface area (Å²) in [5.41, 5.74) is 0. The Bertz CT molecular complexity index is 506. The van der Waals surface area contributed by atoms with Crippen LogP contribution in [0.5, 0.6) is 0 Å². The van der Waals surface area contributed by atoms with Gasteiger partial charge in [0, 0.05) is 43.1 Å². The normalized spacial score (nSPS) is 18.1. The minimum Gasteiger partial charge on any atom is -0.381 e. The van der Waals surface area contributed by atoms with E-state index in [0.717, 1.165) is 38.4 Å². The number of ether oxygens (including phenoxy) is 1. The molecule has 2 heterocycles. The third kappa shape index (κ3) is 3.24. The van der Waals surface area contributed by atoms with Crippen LogP contribution in [-0.2, 0) is 26.8 Å². The van der Waals surface area contributed by atoms with Gasteiger partial charge in [0.25, 0.3) is 9.05 Å². The van der Waals surface area contributed by atoms with E-state index in [1.807, 2.05) is 11.5 Å². The molecule has 0 saturated carbocycles. The Labute approximate surface area is 112 Å². The molecule has 1 aliphatic rings. The molecule has 2 rings (SSSR count). The minimum atomic E-state index is -3.74. The topological polar surface area (TPSA) is 61.2 Å². The van der Waals surface area contributed by atoms with Crippen molar-refractivity contribution in [2.45, 2.75) is 37.8 Å². The van der Waals surface area contributed by atoms with Crippen LogP contribution in [0.15, 0.2) is 11.2 Å². The van der Waals surface area contributed by atoms with Crippen molar-refractivity contribution in [3.63, 3.8) is 0 Å². The van der Waals surface area contributed by atoms with E-state index in [0.29, 0.717) is 12.3 Å². The standard InChI is InChI=1S/C11H17ClN2O3S/c1-2-10-13-11(18(12,15)16)8-14(10)7-9-3-5-17-6-4-9/h8-9H,2-7H2,1H3. The number of nitrogens with zero attached hydrogens (tertiary/aromatic N) is 2. The second-order valence-electron chi connectivity index (χ2n) is 4.49. The molecule has 0 atom stereocenters. The van der Waals surface area contributed by atoms with Gasteiger partial charge >= 0.3 is 0 Å². The maximum atomic E-state index is 11.3. The average molecular weight is 293 g/mol. The quantitative estimate of drug-likeness (QED) is 0.794. The zero-order chi connectivity index (χ0) is 13.2. The second kappa shape index (κ2) is 5.59. The molecule has 1 aromatic heterocycles. The lowest BCUT2D eigenvalue weighted by Crippen LogP contribution is -2.21. The zero-order valence-electron chi connectivity index (χ0n) is 10.3. The highest BCUT2D eigenvalue weighted by Gasteiger charge is 2.20. The van der Waals surface area contributed by atoms with Crippen molar-refractivity contribution in [3.05, 3.63) is 12.0 Å². The number of imidazole rings is 1. The Morgan fingerprint density at radius 2 is 2.17 bits per heavy atom. The Kier molecular flexibility index (Phi) is 4.29. The van der Waals surface area contributed by atoms with Gasteiger partial charge in [-0.3, -0.25) is 0 Å². The first-order valence-electron chi connectivity index (χ1n) is 6.09. The minimum absolute atomic E-state index is 0.0481. The lowest BCUT2D eigenvalue weighted by Gasteiger charge is -2.22. The predicted molar refractivity (Wildman–Crippen MR) is 68.2 cm³/mol. The number of aromatic nitrogens is 2. The van der Waals surface area contributed by atoms with Gasteiger partial charge in [0.2, 0.25) is 0 Å². The summed E-state index contributed by atoms with van der Waals surface area (Å²) in [5, 5.41) is -0.0481. The third-order valence-electron chi connectivity index (χ3n) is 3.20. The fraction of sp³-hybridized carbons (Fsp3) is 0.727. The van der Waals surface area contributed by atoms with Crippen LogP contribution in [0.3, 0.4) is 0 Å². The van der Waals surface area contributed by atoms with E-state index in [1.165, 1.54) is 6.20 Å². The smallest absolute Gasteiger partial charge is 0.280 e. The predicted octanol–water partition coefficient (Wildman–Crippen LogP) is 1.80. The maximum absolute atomic E-state index is 11.3. The Morgan fingerprint density at radius 1 is 1.50 bits per heavy atom. The number of hydrogen-bond acceptors (Lipinski definition) is 4. The molecule has 0 amide bonds. The van der Waals surface area contributed by atoms with Gasteiger partial charge in [0.05, 0.1) is 0 Å². The summed E-state index contributed by atoms with van der Waals surface area (Å²) < 4.78 is 29.8. The van der Waals surface area contributed by atoms with Crippen LogP contribution < -0.4 is 0 Å². The molecule has 0 bridgehead atoms. The van der Waals surface area contributed by atoms with Crippen LogP contribution in [0.25, 0.3) is 0 Å². The fourth-order valence-corrected chi connectivity index (χ4v) is 2.88. The van der Waals surface area contributed by atoms with Crippen molar-refractivity contribution in [1.29, 1.82) is 0 Å². The highest BCUT2D eigenvalue weighted by molar-refractivity contribution is 8.13. The van der Waals surface area contributed by atoms with Gasteiger partial charge in [0.15, 0.2) is 5.03 Å². The van der Waals surface area contributed by atoms with Crippen molar-refractivity contribution in [3.8, 4) is 0 Å². The van der Waals surface area contributed by atoms with Crippen LogP contribution in [0.1, 0.15) is 25.6 Å². The van der Waals surface area contributed by atoms with Gasteiger partial charge in [-0.1, -0.05) is 6.92 Å². The van der Waals surface area contributed by atoms with Crippen LogP contribution >= 0.6 is 10.7 Å². The first kappa shape index (κ1) is 13.8. The second-order valence-corrected chi connectivity index (χ2v) is 7.01. The summed E-state index contributed by atoms with van der Waals surface area (Å²) in [6.45, 7) is 4.29. The third-order valence-corrected chi connectivity index (χ3v) is 4.37. The first-order valence-corrected chi connectivity index (χ1v) is 8.40. The molecular formula is C11H17ClN2O3S. The van der Waals surface area contributed by atoms with Gasteiger partial charge < -0.3 is 9.30 Å². The highest BCUT2D eigenvalue weighted by atomic mass is 35.7. The molecule has 102 valence electrons. The number of rotatable bonds is 4.